The quantitative estimate of drug-likeness (QED) is 0.774. The first-order valence-corrected chi connectivity index (χ1v) is 9.35. The number of aliphatic imine (C=N–C) groups is 1. The molecule has 2 heterocycles. The monoisotopic (exact) mass is 358 g/mol. The number of allylic oxidation sites excluding steroid dienone is 1. The van der Waals surface area contributed by atoms with E-state index < -0.39 is 12.0 Å². The van der Waals surface area contributed by atoms with E-state index >= 15 is 0 Å². The normalized spacial score (nSPS) is 20.5. The molecular weight excluding hydrogens is 336 g/mol. The Morgan fingerprint density at radius 3 is 2.60 bits per heavy atom. The molecule has 0 aromatic heterocycles. The summed E-state index contributed by atoms with van der Waals surface area (Å²) in [6.45, 7) is 6.07. The summed E-state index contributed by atoms with van der Waals surface area (Å²) in [5.74, 6) is 0.682. The van der Waals surface area contributed by atoms with Gasteiger partial charge >= 0.3 is 5.97 Å². The topological polar surface area (TPSA) is 59.0 Å². The molecule has 6 heteroatoms. The minimum absolute atomic E-state index is 0.00987. The van der Waals surface area contributed by atoms with Crippen LogP contribution < -0.4 is 0 Å². The number of ether oxygens (including phenoxy) is 1. The number of amidine groups is 1. The number of nitrogens with zero attached hydrogens (tertiary/aromatic N) is 2. The van der Waals surface area contributed by atoms with Gasteiger partial charge in [-0.3, -0.25) is 9.69 Å². The number of amides is 1. The Hall–Kier alpha value is -2.08. The molecule has 1 aromatic rings. The summed E-state index contributed by atoms with van der Waals surface area (Å²) in [7, 11) is 1.35. The molecule has 0 N–H and O–H groups in total. The van der Waals surface area contributed by atoms with Crippen LogP contribution in [0.1, 0.15) is 50.3 Å². The molecule has 0 bridgehead atoms. The van der Waals surface area contributed by atoms with Gasteiger partial charge in [0.05, 0.1) is 24.4 Å². The van der Waals surface area contributed by atoms with Crippen LogP contribution in [-0.4, -0.2) is 34.8 Å². The average Bonchev–Trinajstić information content (AvgIpc) is 2.60. The Labute approximate surface area is 152 Å². The second-order valence-electron chi connectivity index (χ2n) is 6.47. The molecule has 0 radical (unpaired) electrons. The number of rotatable bonds is 3. The Balaban J connectivity index is 2.12. The van der Waals surface area contributed by atoms with Gasteiger partial charge in [-0.2, -0.15) is 0 Å². The Kier molecular flexibility index (Phi) is 4.99. The molecule has 0 unspecified atom stereocenters. The van der Waals surface area contributed by atoms with Gasteiger partial charge in [0.2, 0.25) is 5.91 Å². The summed E-state index contributed by atoms with van der Waals surface area (Å²) >= 11 is 1.55. The van der Waals surface area contributed by atoms with Gasteiger partial charge in [0.1, 0.15) is 0 Å². The number of hydrogen-bond donors (Lipinski definition) is 0. The summed E-state index contributed by atoms with van der Waals surface area (Å²) in [6, 6.07) is 7.60. The number of carbonyl (C=O) groups excluding carboxylic acids is 2. The first-order chi connectivity index (χ1) is 11.9. The predicted octanol–water partition coefficient (Wildman–Crippen LogP) is 3.63. The van der Waals surface area contributed by atoms with E-state index in [0.29, 0.717) is 34.5 Å². The lowest BCUT2D eigenvalue weighted by Gasteiger charge is -2.38. The van der Waals surface area contributed by atoms with Crippen molar-refractivity contribution in [3.8, 4) is 0 Å². The summed E-state index contributed by atoms with van der Waals surface area (Å²) in [5, 5.41) is 0.666. The lowest BCUT2D eigenvalue weighted by molar-refractivity contribution is -0.137. The van der Waals surface area contributed by atoms with Crippen LogP contribution in [0.3, 0.4) is 0 Å². The number of methoxy groups -OCH3 is 1. The van der Waals surface area contributed by atoms with Gasteiger partial charge in [0.15, 0.2) is 5.17 Å². The molecule has 3 rings (SSSR count). The average molecular weight is 358 g/mol. The highest BCUT2D eigenvalue weighted by Crippen LogP contribution is 2.40. The molecule has 2 aliphatic rings. The lowest BCUT2D eigenvalue weighted by Crippen LogP contribution is -2.45. The highest BCUT2D eigenvalue weighted by molar-refractivity contribution is 8.14. The molecule has 0 saturated carbocycles. The van der Waals surface area contributed by atoms with Crippen LogP contribution in [-0.2, 0) is 14.3 Å². The molecule has 1 saturated heterocycles. The second kappa shape index (κ2) is 7.04. The maximum atomic E-state index is 12.6. The van der Waals surface area contributed by atoms with E-state index in [9.17, 15) is 9.59 Å². The van der Waals surface area contributed by atoms with Crippen molar-refractivity contribution in [3.63, 3.8) is 0 Å². The van der Waals surface area contributed by atoms with Gasteiger partial charge in [-0.1, -0.05) is 49.9 Å². The molecule has 25 heavy (non-hydrogen) atoms. The van der Waals surface area contributed by atoms with Gasteiger partial charge in [0.25, 0.3) is 0 Å². The highest BCUT2D eigenvalue weighted by atomic mass is 32.2. The van der Waals surface area contributed by atoms with Gasteiger partial charge in [0, 0.05) is 12.2 Å². The lowest BCUT2D eigenvalue weighted by atomic mass is 9.92. The van der Waals surface area contributed by atoms with Crippen molar-refractivity contribution < 1.29 is 14.3 Å². The third-order valence-electron chi connectivity index (χ3n) is 4.53. The zero-order chi connectivity index (χ0) is 18.1. The third-order valence-corrected chi connectivity index (χ3v) is 5.49. The molecule has 1 fully saturated rings. The molecule has 0 spiro atoms. The first-order valence-electron chi connectivity index (χ1n) is 8.36. The molecule has 1 atom stereocenters. The summed E-state index contributed by atoms with van der Waals surface area (Å²) in [4.78, 5) is 31.2. The van der Waals surface area contributed by atoms with Crippen molar-refractivity contribution in [1.29, 1.82) is 0 Å². The van der Waals surface area contributed by atoms with E-state index in [0.717, 1.165) is 5.56 Å². The minimum atomic E-state index is -0.485. The summed E-state index contributed by atoms with van der Waals surface area (Å²) < 4.78 is 4.98. The Morgan fingerprint density at radius 1 is 1.32 bits per heavy atom. The van der Waals surface area contributed by atoms with E-state index in [2.05, 4.69) is 31.0 Å². The zero-order valence-corrected chi connectivity index (χ0v) is 15.7. The maximum absolute atomic E-state index is 12.6. The van der Waals surface area contributed by atoms with Crippen LogP contribution in [0.15, 0.2) is 40.5 Å². The fourth-order valence-corrected chi connectivity index (χ4v) is 4.15. The number of esters is 1. The number of benzene rings is 1. The molecule has 1 aromatic carbocycles. The first kappa shape index (κ1) is 17.7. The smallest absolute Gasteiger partial charge is 0.338 e. The van der Waals surface area contributed by atoms with Gasteiger partial charge < -0.3 is 4.74 Å². The van der Waals surface area contributed by atoms with E-state index in [-0.39, 0.29) is 5.91 Å². The van der Waals surface area contributed by atoms with E-state index in [1.807, 2.05) is 12.1 Å². The van der Waals surface area contributed by atoms with Crippen LogP contribution in [0.4, 0.5) is 0 Å². The predicted molar refractivity (Wildman–Crippen MR) is 99.3 cm³/mol. The molecule has 5 nitrogen and oxygen atoms in total. The van der Waals surface area contributed by atoms with Crippen molar-refractivity contribution in [2.45, 2.75) is 39.2 Å². The number of hydrogen-bond acceptors (Lipinski definition) is 5. The van der Waals surface area contributed by atoms with Crippen molar-refractivity contribution in [1.82, 2.24) is 4.90 Å². The standard InChI is InChI=1S/C19H22N2O3S/c1-11(2)13-5-7-14(8-6-13)17-16(18(23)24-4)12(3)20-19-21(17)15(22)9-10-25-19/h5-8,11,17H,9-10H2,1-4H3/t17-/m1/s1. The zero-order valence-electron chi connectivity index (χ0n) is 14.9. The minimum Gasteiger partial charge on any atom is -0.466 e. The Morgan fingerprint density at radius 2 is 2.00 bits per heavy atom. The van der Waals surface area contributed by atoms with Crippen LogP contribution in [0.5, 0.6) is 0 Å². The van der Waals surface area contributed by atoms with Crippen LogP contribution in [0.2, 0.25) is 0 Å². The van der Waals surface area contributed by atoms with Gasteiger partial charge in [-0.15, -0.1) is 0 Å². The van der Waals surface area contributed by atoms with E-state index in [1.165, 1.54) is 12.7 Å². The molecule has 2 aliphatic heterocycles. The number of thioether (sulfide) groups is 1. The van der Waals surface area contributed by atoms with Gasteiger partial charge in [-0.05, 0) is 24.0 Å². The van der Waals surface area contributed by atoms with Crippen LogP contribution in [0.25, 0.3) is 0 Å². The van der Waals surface area contributed by atoms with Crippen molar-refractivity contribution in [2.24, 2.45) is 4.99 Å². The van der Waals surface area contributed by atoms with Crippen LogP contribution >= 0.6 is 11.8 Å². The fraction of sp³-hybridized carbons (Fsp3) is 0.421. The molecule has 0 aliphatic carbocycles. The molecule has 1 amide bonds. The summed E-state index contributed by atoms with van der Waals surface area (Å²) in [6.07, 6.45) is 0.442. The highest BCUT2D eigenvalue weighted by Gasteiger charge is 2.41. The second-order valence-corrected chi connectivity index (χ2v) is 7.53. The van der Waals surface area contributed by atoms with Gasteiger partial charge in [-0.25, -0.2) is 9.79 Å². The van der Waals surface area contributed by atoms with Crippen molar-refractivity contribution in [3.05, 3.63) is 46.7 Å². The molecule has 132 valence electrons. The van der Waals surface area contributed by atoms with E-state index in [4.69, 9.17) is 4.74 Å². The number of fused-ring (bicyclic) bond motifs is 1. The number of carbonyl (C=O) groups is 2. The third kappa shape index (κ3) is 3.23. The van der Waals surface area contributed by atoms with E-state index in [1.54, 1.807) is 23.6 Å². The van der Waals surface area contributed by atoms with Crippen LogP contribution in [0, 0.1) is 0 Å². The Bertz CT molecular complexity index is 765. The fourth-order valence-electron chi connectivity index (χ4n) is 3.15. The maximum Gasteiger partial charge on any atom is 0.338 e. The van der Waals surface area contributed by atoms with Crippen molar-refractivity contribution >= 4 is 28.8 Å². The SMILES string of the molecule is COC(=O)C1=C(C)N=C2SCCC(=O)N2[C@@H]1c1ccc(C(C)C)cc1. The largest absolute Gasteiger partial charge is 0.466 e. The summed E-state index contributed by atoms with van der Waals surface area (Å²) in [5.41, 5.74) is 3.15. The van der Waals surface area contributed by atoms with Crippen molar-refractivity contribution in [2.75, 3.05) is 12.9 Å². The molecular formula is C19H22N2O3S.